The predicted octanol–water partition coefficient (Wildman–Crippen LogP) is 3.66. The van der Waals surface area contributed by atoms with Crippen LogP contribution in [-0.4, -0.2) is 11.1 Å². The molecule has 3 atom stereocenters. The van der Waals surface area contributed by atoms with Gasteiger partial charge in [-0.15, -0.1) is 0 Å². The van der Waals surface area contributed by atoms with Crippen molar-refractivity contribution in [1.29, 1.82) is 0 Å². The maximum absolute atomic E-state index is 6.06. The van der Waals surface area contributed by atoms with Gasteiger partial charge in [0.25, 0.3) is 0 Å². The van der Waals surface area contributed by atoms with E-state index >= 15 is 0 Å². The van der Waals surface area contributed by atoms with Crippen LogP contribution in [0.15, 0.2) is 24.3 Å². The number of nitrogens with two attached hydrogens (primary N) is 1. The first-order valence-electron chi connectivity index (χ1n) is 7.07. The van der Waals surface area contributed by atoms with Crippen molar-refractivity contribution in [1.82, 2.24) is 0 Å². The summed E-state index contributed by atoms with van der Waals surface area (Å²) in [5.41, 5.74) is 7.78. The zero-order valence-electron chi connectivity index (χ0n) is 11.8. The molecule has 2 nitrogen and oxygen atoms in total. The Balaban J connectivity index is 1.94. The molecule has 2 rings (SSSR count). The second kappa shape index (κ2) is 6.49. The molecule has 1 aromatic rings. The number of hydrogen-bond donors (Lipinski definition) is 1. The van der Waals surface area contributed by atoms with Crippen molar-refractivity contribution >= 4 is 17.2 Å². The summed E-state index contributed by atoms with van der Waals surface area (Å²) in [5.74, 6) is 1.58. The Labute approximate surface area is 121 Å². The van der Waals surface area contributed by atoms with Crippen molar-refractivity contribution in [2.24, 2.45) is 17.6 Å². The normalized spacial score (nSPS) is 27.2. The maximum atomic E-state index is 6.06. The molecule has 0 bridgehead atoms. The third kappa shape index (κ3) is 3.77. The highest BCUT2D eigenvalue weighted by molar-refractivity contribution is 7.80. The zero-order valence-corrected chi connectivity index (χ0v) is 12.6. The van der Waals surface area contributed by atoms with E-state index in [0.717, 1.165) is 29.4 Å². The van der Waals surface area contributed by atoms with Crippen molar-refractivity contribution in [2.75, 3.05) is 0 Å². The van der Waals surface area contributed by atoms with E-state index in [4.69, 9.17) is 22.7 Å². The Morgan fingerprint density at radius 3 is 2.68 bits per heavy atom. The number of thiocarbonyl (C=S) groups is 1. The lowest BCUT2D eigenvalue weighted by atomic mass is 9.80. The molecule has 1 fully saturated rings. The highest BCUT2D eigenvalue weighted by atomic mass is 32.1. The third-order valence-corrected chi connectivity index (χ3v) is 4.53. The van der Waals surface area contributed by atoms with E-state index in [1.54, 1.807) is 0 Å². The van der Waals surface area contributed by atoms with Gasteiger partial charge in [0.2, 0.25) is 0 Å². The van der Waals surface area contributed by atoms with Crippen LogP contribution in [0.25, 0.3) is 0 Å². The molecule has 0 spiro atoms. The van der Waals surface area contributed by atoms with Crippen LogP contribution in [0, 0.1) is 11.8 Å². The first-order valence-corrected chi connectivity index (χ1v) is 7.48. The summed E-state index contributed by atoms with van der Waals surface area (Å²) >= 11 is 5.08. The monoisotopic (exact) mass is 277 g/mol. The highest BCUT2D eigenvalue weighted by Gasteiger charge is 2.25. The Kier molecular flexibility index (Phi) is 4.94. The summed E-state index contributed by atoms with van der Waals surface area (Å²) in [7, 11) is 0. The van der Waals surface area contributed by atoms with Gasteiger partial charge in [-0.25, -0.2) is 0 Å². The molecule has 2 N–H and O–H groups in total. The zero-order chi connectivity index (χ0) is 13.8. The maximum Gasteiger partial charge on any atom is 0.104 e. The van der Waals surface area contributed by atoms with Crippen molar-refractivity contribution < 1.29 is 4.74 Å². The summed E-state index contributed by atoms with van der Waals surface area (Å²) in [4.78, 5) is 0.449. The van der Waals surface area contributed by atoms with Crippen LogP contribution in [0.5, 0.6) is 0 Å². The Morgan fingerprint density at radius 2 is 2.00 bits per heavy atom. The van der Waals surface area contributed by atoms with Gasteiger partial charge in [0.1, 0.15) is 4.99 Å². The number of hydrogen-bond acceptors (Lipinski definition) is 2. The largest absolute Gasteiger partial charge is 0.389 e. The van der Waals surface area contributed by atoms with Gasteiger partial charge in [-0.1, -0.05) is 50.3 Å². The van der Waals surface area contributed by atoms with E-state index < -0.39 is 0 Å². The second-order valence-corrected chi connectivity index (χ2v) is 6.16. The van der Waals surface area contributed by atoms with Gasteiger partial charge in [-0.3, -0.25) is 0 Å². The van der Waals surface area contributed by atoms with E-state index in [1.807, 2.05) is 24.3 Å². The van der Waals surface area contributed by atoms with Crippen LogP contribution >= 0.6 is 12.2 Å². The van der Waals surface area contributed by atoms with Gasteiger partial charge in [-0.05, 0) is 36.7 Å². The van der Waals surface area contributed by atoms with Gasteiger partial charge < -0.3 is 10.5 Å². The molecule has 3 heteroatoms. The first-order chi connectivity index (χ1) is 9.08. The third-order valence-electron chi connectivity index (χ3n) is 4.31. The summed E-state index contributed by atoms with van der Waals surface area (Å²) in [6, 6.07) is 7.98. The lowest BCUT2D eigenvalue weighted by Crippen LogP contribution is -2.26. The molecular formula is C16H23NOS. The van der Waals surface area contributed by atoms with E-state index in [0.29, 0.717) is 17.7 Å². The Bertz CT molecular complexity index is 446. The fraction of sp³-hybridized carbons (Fsp3) is 0.562. The summed E-state index contributed by atoms with van der Waals surface area (Å²) in [6.07, 6.45) is 3.98. The van der Waals surface area contributed by atoms with Crippen molar-refractivity contribution in [3.05, 3.63) is 35.4 Å². The topological polar surface area (TPSA) is 35.2 Å². The molecule has 0 radical (unpaired) electrons. The molecule has 0 aromatic heterocycles. The van der Waals surface area contributed by atoms with Crippen LogP contribution in [0.1, 0.15) is 44.2 Å². The van der Waals surface area contributed by atoms with E-state index in [2.05, 4.69) is 13.8 Å². The highest BCUT2D eigenvalue weighted by Crippen LogP contribution is 2.31. The first kappa shape index (κ1) is 14.5. The molecule has 1 aliphatic carbocycles. The molecule has 3 unspecified atom stereocenters. The molecule has 19 heavy (non-hydrogen) atoms. The molecule has 0 aliphatic heterocycles. The van der Waals surface area contributed by atoms with E-state index in [-0.39, 0.29) is 0 Å². The van der Waals surface area contributed by atoms with Gasteiger partial charge in [0.05, 0.1) is 12.7 Å². The number of rotatable bonds is 4. The van der Waals surface area contributed by atoms with Gasteiger partial charge in [-0.2, -0.15) is 0 Å². The fourth-order valence-electron chi connectivity index (χ4n) is 2.74. The molecule has 1 saturated carbocycles. The van der Waals surface area contributed by atoms with Crippen molar-refractivity contribution in [3.8, 4) is 0 Å². The van der Waals surface area contributed by atoms with Crippen molar-refractivity contribution in [3.63, 3.8) is 0 Å². The Hall–Kier alpha value is -0.930. The van der Waals surface area contributed by atoms with Crippen LogP contribution in [0.4, 0.5) is 0 Å². The van der Waals surface area contributed by atoms with Gasteiger partial charge >= 0.3 is 0 Å². The molecule has 0 amide bonds. The van der Waals surface area contributed by atoms with Crippen LogP contribution in [0.2, 0.25) is 0 Å². The molecule has 1 aromatic carbocycles. The quantitative estimate of drug-likeness (QED) is 0.853. The lowest BCUT2D eigenvalue weighted by Gasteiger charge is -2.32. The average Bonchev–Trinajstić information content (AvgIpc) is 2.40. The molecule has 0 heterocycles. The van der Waals surface area contributed by atoms with Crippen LogP contribution in [0.3, 0.4) is 0 Å². The van der Waals surface area contributed by atoms with E-state index in [1.165, 1.54) is 12.8 Å². The number of ether oxygens (including phenoxy) is 1. The van der Waals surface area contributed by atoms with Crippen LogP contribution in [-0.2, 0) is 11.3 Å². The lowest BCUT2D eigenvalue weighted by molar-refractivity contribution is -0.00749. The summed E-state index contributed by atoms with van der Waals surface area (Å²) in [5, 5.41) is 0. The molecule has 0 saturated heterocycles. The molecular weight excluding hydrogens is 254 g/mol. The molecule has 104 valence electrons. The molecule has 1 aliphatic rings. The fourth-order valence-corrected chi connectivity index (χ4v) is 2.94. The minimum absolute atomic E-state index is 0.380. The van der Waals surface area contributed by atoms with Crippen LogP contribution < -0.4 is 5.73 Å². The van der Waals surface area contributed by atoms with E-state index in [9.17, 15) is 0 Å². The SMILES string of the molecule is CC1CCC(OCc2ccccc2C(N)=S)CC1C. The summed E-state index contributed by atoms with van der Waals surface area (Å²) < 4.78 is 6.06. The van der Waals surface area contributed by atoms with Gasteiger partial charge in [0, 0.05) is 5.56 Å². The smallest absolute Gasteiger partial charge is 0.104 e. The predicted molar refractivity (Wildman–Crippen MR) is 83.1 cm³/mol. The average molecular weight is 277 g/mol. The minimum atomic E-state index is 0.380. The minimum Gasteiger partial charge on any atom is -0.389 e. The second-order valence-electron chi connectivity index (χ2n) is 5.72. The van der Waals surface area contributed by atoms with Crippen molar-refractivity contribution in [2.45, 2.75) is 45.8 Å². The number of benzene rings is 1. The Morgan fingerprint density at radius 1 is 1.26 bits per heavy atom. The van der Waals surface area contributed by atoms with Gasteiger partial charge in [0.15, 0.2) is 0 Å². The standard InChI is InChI=1S/C16H23NOS/c1-11-7-8-14(9-12(11)2)18-10-13-5-3-4-6-15(13)16(17)19/h3-6,11-12,14H,7-10H2,1-2H3,(H2,17,19). The summed E-state index contributed by atoms with van der Waals surface area (Å²) in [6.45, 7) is 5.27.